The topological polar surface area (TPSA) is 277 Å². The average molecular weight is 1840 g/mol. The van der Waals surface area contributed by atoms with E-state index in [1.807, 2.05) is 0 Å². The molecule has 0 amide bonds. The Labute approximate surface area is 724 Å². The van der Waals surface area contributed by atoms with Crippen molar-refractivity contribution in [1.29, 1.82) is 0 Å². The molecule has 8 rings (SSSR count). The Morgan fingerprint density at radius 3 is 0.355 bits per heavy atom. The second-order valence-corrected chi connectivity index (χ2v) is 34.6. The Balaban J connectivity index is 0. The third-order valence-electron chi connectivity index (χ3n) is 19.3. The molecule has 0 aromatic heterocycles. The van der Waals surface area contributed by atoms with E-state index in [1.165, 1.54) is 122 Å². The molecular weight excluding hydrogens is 1730 g/mol. The van der Waals surface area contributed by atoms with Gasteiger partial charge in [0.25, 0.3) is 0 Å². The zero-order valence-electron chi connectivity index (χ0n) is 63.4. The van der Waals surface area contributed by atoms with Gasteiger partial charge in [0.05, 0.1) is 0 Å². The molecule has 0 spiro atoms. The van der Waals surface area contributed by atoms with Crippen LogP contribution in [-0.4, -0.2) is 24.6 Å². The standard InChI is InChI=1S/4C22H31O3P.6Ni/c4*23-26(24,25)19-13-5-3-1-2-4-12-18-22(20-14-8-6-9-15-20)21-16-10-7-11-17-21;;;;;;/h4*6-11,14-17,22H,1-5,12-13,18-19H2,(H2,23,24,25);;;;;;/q;;;;6*+2/p-8. The normalized spacial score (nSPS) is 11.2. The molecule has 8 aromatic rings. The van der Waals surface area contributed by atoms with Crippen molar-refractivity contribution in [3.8, 4) is 0 Å². The molecule has 0 bridgehead atoms. The van der Waals surface area contributed by atoms with Crippen molar-refractivity contribution in [2.24, 2.45) is 0 Å². The quantitative estimate of drug-likeness (QED) is 0.0196. The zero-order chi connectivity index (χ0) is 74.7. The Morgan fingerprint density at radius 2 is 0.245 bits per heavy atom. The van der Waals surface area contributed by atoms with Crippen molar-refractivity contribution in [2.75, 3.05) is 24.6 Å². The molecule has 0 saturated heterocycles. The van der Waals surface area contributed by atoms with Crippen LogP contribution in [0.15, 0.2) is 243 Å². The molecule has 0 aliphatic carbocycles. The molecule has 0 saturated carbocycles. The largest absolute Gasteiger partial charge is 2.00 e. The molecule has 0 N–H and O–H groups in total. The van der Waals surface area contributed by atoms with Gasteiger partial charge in [-0.3, -0.25) is 0 Å². The summed E-state index contributed by atoms with van der Waals surface area (Å²) in [4.78, 5) is 127. The van der Waals surface area contributed by atoms with E-state index < -0.39 is 31.8 Å². The van der Waals surface area contributed by atoms with Crippen LogP contribution < -0.4 is 58.7 Å². The van der Waals surface area contributed by atoms with Crippen LogP contribution in [0.1, 0.15) is 274 Å². The molecule has 0 unspecified atom stereocenters. The maximum absolute atomic E-state index is 10.6. The fourth-order valence-electron chi connectivity index (χ4n) is 13.7. The summed E-state index contributed by atoms with van der Waals surface area (Å²) in [6, 6.07) is 85.5. The molecule has 12 nitrogen and oxygen atoms in total. The van der Waals surface area contributed by atoms with Crippen LogP contribution in [0, 0.1) is 0 Å². The van der Waals surface area contributed by atoms with Gasteiger partial charge >= 0.3 is 98.9 Å². The predicted octanol–water partition coefficient (Wildman–Crippen LogP) is 15.1. The van der Waals surface area contributed by atoms with E-state index in [4.69, 9.17) is 0 Å². The van der Waals surface area contributed by atoms with Crippen molar-refractivity contribution < 1.29 is 158 Å². The Hall–Kier alpha value is -2.04. The summed E-state index contributed by atoms with van der Waals surface area (Å²) >= 11 is 0. The number of benzene rings is 8. The van der Waals surface area contributed by atoms with E-state index in [0.29, 0.717) is 49.4 Å². The first-order valence-electron chi connectivity index (χ1n) is 38.7. The summed E-state index contributed by atoms with van der Waals surface area (Å²) in [7, 11) is -17.2. The average Bonchev–Trinajstić information content (AvgIpc) is 0.872. The van der Waals surface area contributed by atoms with E-state index in [2.05, 4.69) is 243 Å². The number of unbranched alkanes of at least 4 members (excludes halogenated alkanes) is 24. The minimum Gasteiger partial charge on any atom is -0.688 e. The molecule has 22 heteroatoms. The Morgan fingerprint density at radius 1 is 0.145 bits per heavy atom. The van der Waals surface area contributed by atoms with E-state index >= 15 is 0 Å². The number of hydrogen-bond acceptors (Lipinski definition) is 12. The molecule has 616 valence electrons. The van der Waals surface area contributed by atoms with Crippen molar-refractivity contribution in [3.05, 3.63) is 287 Å². The SMILES string of the molecule is [Ni+2].[Ni+2].[Ni+2].[Ni+2].[Ni+2].[Ni+2].[O-][P+]([O-])([O-])CCCCCCCCCC(c1ccccc1)c1ccccc1.[O-][P+]([O-])([O-])CCCCCCCCCC(c1ccccc1)c1ccccc1.[O-][P+]([O-])([O-])CCCCCCCCCC(c1ccccc1)c1ccccc1.[O-][P+]([O-])([O-])CCCCCCCCCC(c1ccccc1)c1ccccc1. The summed E-state index contributed by atoms with van der Waals surface area (Å²) < 4.78 is 0. The van der Waals surface area contributed by atoms with Gasteiger partial charge in [0.2, 0.25) is 0 Å². The first kappa shape index (κ1) is 110. The van der Waals surface area contributed by atoms with Crippen molar-refractivity contribution >= 4 is 31.8 Å². The van der Waals surface area contributed by atoms with Gasteiger partial charge in [0, 0.05) is 48.3 Å². The van der Waals surface area contributed by atoms with Gasteiger partial charge in [0.1, 0.15) is 0 Å². The number of rotatable bonds is 48. The van der Waals surface area contributed by atoms with Gasteiger partial charge in [-0.25, -0.2) is 0 Å². The minimum atomic E-state index is -4.30. The molecule has 0 aliphatic heterocycles. The van der Waals surface area contributed by atoms with Crippen LogP contribution in [0.2, 0.25) is 0 Å². The summed E-state index contributed by atoms with van der Waals surface area (Å²) in [6.07, 6.45) is 31.9. The summed E-state index contributed by atoms with van der Waals surface area (Å²) in [6.45, 7) is 0. The van der Waals surface area contributed by atoms with Crippen molar-refractivity contribution in [3.63, 3.8) is 0 Å². The van der Waals surface area contributed by atoms with Crippen LogP contribution >= 0.6 is 31.8 Å². The van der Waals surface area contributed by atoms with E-state index in [9.17, 15) is 58.7 Å². The summed E-state index contributed by atoms with van der Waals surface area (Å²) in [5, 5.41) is 0. The van der Waals surface area contributed by atoms with Gasteiger partial charge < -0.3 is 58.7 Å². The van der Waals surface area contributed by atoms with Crippen LogP contribution in [0.3, 0.4) is 0 Å². The monoisotopic (exact) mass is 1840 g/mol. The van der Waals surface area contributed by atoms with Gasteiger partial charge in [0.15, 0.2) is 0 Å². The summed E-state index contributed by atoms with van der Waals surface area (Å²) in [5.74, 6) is 1.78. The fourth-order valence-corrected chi connectivity index (χ4v) is 16.2. The Kier molecular flexibility index (Phi) is 66.9. The van der Waals surface area contributed by atoms with Gasteiger partial charge in [-0.05, 0) is 122 Å². The maximum Gasteiger partial charge on any atom is 2.00 e. The molecule has 0 fully saturated rings. The molecule has 8 aromatic carbocycles. The second kappa shape index (κ2) is 66.9. The predicted molar refractivity (Wildman–Crippen MR) is 414 cm³/mol. The van der Waals surface area contributed by atoms with E-state index in [0.717, 1.165) is 103 Å². The van der Waals surface area contributed by atoms with E-state index in [-0.39, 0.29) is 124 Å². The first-order valence-corrected chi connectivity index (χ1v) is 45.6. The fraction of sp³-hybridized carbons (Fsp3) is 0.455. The molecule has 0 heterocycles. The minimum absolute atomic E-state index is 0. The van der Waals surface area contributed by atoms with E-state index in [1.54, 1.807) is 0 Å². The Bertz CT molecular complexity index is 2700. The third kappa shape index (κ3) is 54.8. The second-order valence-electron chi connectivity index (χ2n) is 27.9. The van der Waals surface area contributed by atoms with Crippen LogP contribution in [0.4, 0.5) is 0 Å². The first-order chi connectivity index (χ1) is 50.2. The summed E-state index contributed by atoms with van der Waals surface area (Å²) in [5.41, 5.74) is 11.0. The van der Waals surface area contributed by atoms with Crippen molar-refractivity contribution in [1.82, 2.24) is 0 Å². The molecular formula is C88H116Ni6O12P4+4. The molecule has 0 atom stereocenters. The van der Waals surface area contributed by atoms with Crippen LogP contribution in [0.5, 0.6) is 0 Å². The van der Waals surface area contributed by atoms with Gasteiger partial charge in [-0.2, -0.15) is 31.8 Å². The third-order valence-corrected chi connectivity index (χ3v) is 22.8. The molecule has 110 heavy (non-hydrogen) atoms. The maximum atomic E-state index is 10.6. The molecule has 0 radical (unpaired) electrons. The van der Waals surface area contributed by atoms with Gasteiger partial charge in [-0.15, -0.1) is 0 Å². The van der Waals surface area contributed by atoms with Crippen LogP contribution in [-0.2, 0) is 98.9 Å². The smallest absolute Gasteiger partial charge is 0.688 e. The zero-order valence-corrected chi connectivity index (χ0v) is 72.9. The number of hydrogen-bond donors (Lipinski definition) is 0. The van der Waals surface area contributed by atoms with Gasteiger partial charge in [-0.1, -0.05) is 371 Å². The van der Waals surface area contributed by atoms with Crippen LogP contribution in [0.25, 0.3) is 0 Å². The molecule has 0 aliphatic rings. The van der Waals surface area contributed by atoms with Crippen molar-refractivity contribution in [2.45, 2.75) is 229 Å².